The number of fused-ring (bicyclic) bond motifs is 3. The summed E-state index contributed by atoms with van der Waals surface area (Å²) in [5.41, 5.74) is -0.968. The molecule has 0 aromatic rings. The van der Waals surface area contributed by atoms with Crippen LogP contribution < -0.4 is 0 Å². The lowest BCUT2D eigenvalue weighted by molar-refractivity contribution is -0.193. The van der Waals surface area contributed by atoms with Gasteiger partial charge in [0.1, 0.15) is 10.5 Å². The highest BCUT2D eigenvalue weighted by Gasteiger charge is 2.59. The van der Waals surface area contributed by atoms with Crippen molar-refractivity contribution in [2.24, 2.45) is 16.1 Å². The summed E-state index contributed by atoms with van der Waals surface area (Å²) in [6, 6.07) is -0.585. The number of nitrogens with zero attached hydrogens (tertiary/aromatic N) is 2. The molecule has 0 N–H and O–H groups in total. The molecule has 2 aliphatic heterocycles. The number of esters is 1. The summed E-state index contributed by atoms with van der Waals surface area (Å²) in [7, 11) is 0. The van der Waals surface area contributed by atoms with Crippen LogP contribution in [0.2, 0.25) is 0 Å². The van der Waals surface area contributed by atoms with Gasteiger partial charge in [0.25, 0.3) is 0 Å². The van der Waals surface area contributed by atoms with Crippen LogP contribution in [-0.2, 0) is 19.1 Å². The first kappa shape index (κ1) is 11.8. The molecule has 0 radical (unpaired) electrons. The van der Waals surface area contributed by atoms with Crippen molar-refractivity contribution in [2.45, 2.75) is 31.6 Å². The fraction of sp³-hybridized carbons (Fsp3) is 0.636. The Bertz CT molecular complexity index is 515. The van der Waals surface area contributed by atoms with Gasteiger partial charge < -0.3 is 9.47 Å². The minimum absolute atomic E-state index is 0.168. The summed E-state index contributed by atoms with van der Waals surface area (Å²) >= 11 is 3.23. The van der Waals surface area contributed by atoms with E-state index < -0.39 is 23.7 Å². The number of ether oxygens (including phenoxy) is 2. The maximum atomic E-state index is 12.1. The zero-order valence-corrected chi connectivity index (χ0v) is 11.4. The van der Waals surface area contributed by atoms with Crippen LogP contribution in [-0.4, -0.2) is 36.0 Å². The molecular weight excluding hydrogens is 304 g/mol. The van der Waals surface area contributed by atoms with Crippen LogP contribution in [0.4, 0.5) is 0 Å². The van der Waals surface area contributed by atoms with Gasteiger partial charge in [0.15, 0.2) is 23.2 Å². The van der Waals surface area contributed by atoms with Gasteiger partial charge in [-0.1, -0.05) is 0 Å². The molecule has 2 heterocycles. The number of azo groups is 1. The third-order valence-electron chi connectivity index (χ3n) is 3.65. The van der Waals surface area contributed by atoms with Crippen molar-refractivity contribution in [1.29, 1.82) is 0 Å². The average Bonchev–Trinajstić information content (AvgIpc) is 2.80. The van der Waals surface area contributed by atoms with E-state index in [0.717, 1.165) is 0 Å². The fourth-order valence-electron chi connectivity index (χ4n) is 2.55. The number of halogens is 1. The molecule has 1 aliphatic carbocycles. The second-order valence-corrected chi connectivity index (χ2v) is 5.58. The van der Waals surface area contributed by atoms with Gasteiger partial charge >= 0.3 is 5.97 Å². The van der Waals surface area contributed by atoms with E-state index in [-0.39, 0.29) is 11.7 Å². The summed E-state index contributed by atoms with van der Waals surface area (Å²) in [6.45, 7) is 3.70. The van der Waals surface area contributed by atoms with Crippen LogP contribution in [0, 0.1) is 5.92 Å². The van der Waals surface area contributed by atoms with Crippen LogP contribution in [0.3, 0.4) is 0 Å². The average molecular weight is 315 g/mol. The number of carbonyl (C=O) groups excluding carboxylic acids is 2. The van der Waals surface area contributed by atoms with Gasteiger partial charge in [-0.05, 0) is 29.8 Å². The van der Waals surface area contributed by atoms with Crippen LogP contribution in [0.5, 0.6) is 0 Å². The molecule has 96 valence electrons. The molecule has 0 aromatic carbocycles. The molecular formula is C11H11BrN2O4. The molecule has 6 nitrogen and oxygen atoms in total. The SMILES string of the molecule is C[C@H]1OC2=C(Br)C(=O)[C@@H]3N=NC[C@@H]3[C@]2(C)OC1=O. The number of hydrogen-bond donors (Lipinski definition) is 0. The van der Waals surface area contributed by atoms with Crippen molar-refractivity contribution in [1.82, 2.24) is 0 Å². The van der Waals surface area contributed by atoms with E-state index in [1.165, 1.54) is 0 Å². The summed E-state index contributed by atoms with van der Waals surface area (Å²) in [4.78, 5) is 23.8. The van der Waals surface area contributed by atoms with Crippen molar-refractivity contribution in [3.63, 3.8) is 0 Å². The lowest BCUT2D eigenvalue weighted by Crippen LogP contribution is -2.57. The Kier molecular flexibility index (Phi) is 2.38. The molecule has 0 unspecified atom stereocenters. The number of rotatable bonds is 0. The van der Waals surface area contributed by atoms with E-state index in [2.05, 4.69) is 26.2 Å². The van der Waals surface area contributed by atoms with Crippen molar-refractivity contribution in [3.8, 4) is 0 Å². The maximum absolute atomic E-state index is 12.1. The van der Waals surface area contributed by atoms with Gasteiger partial charge in [-0.3, -0.25) is 4.79 Å². The normalized spacial score (nSPS) is 42.3. The molecule has 0 saturated carbocycles. The summed E-state index contributed by atoms with van der Waals surface area (Å²) in [5.74, 6) is -0.494. The topological polar surface area (TPSA) is 77.3 Å². The molecule has 3 aliphatic rings. The smallest absolute Gasteiger partial charge is 0.348 e. The number of carbonyl (C=O) groups is 2. The second-order valence-electron chi connectivity index (χ2n) is 4.79. The molecule has 1 saturated heterocycles. The van der Waals surface area contributed by atoms with Crippen molar-refractivity contribution in [3.05, 3.63) is 10.2 Å². The van der Waals surface area contributed by atoms with E-state index in [1.54, 1.807) is 13.8 Å². The molecule has 0 amide bonds. The van der Waals surface area contributed by atoms with E-state index >= 15 is 0 Å². The number of ketones is 1. The maximum Gasteiger partial charge on any atom is 0.348 e. The van der Waals surface area contributed by atoms with Gasteiger partial charge in [0.05, 0.1) is 12.5 Å². The first-order valence-electron chi connectivity index (χ1n) is 5.65. The van der Waals surface area contributed by atoms with E-state index in [4.69, 9.17) is 9.47 Å². The van der Waals surface area contributed by atoms with Gasteiger partial charge in [0.2, 0.25) is 0 Å². The Morgan fingerprint density at radius 1 is 1.44 bits per heavy atom. The van der Waals surface area contributed by atoms with Crippen molar-refractivity contribution >= 4 is 27.7 Å². The molecule has 18 heavy (non-hydrogen) atoms. The lowest BCUT2D eigenvalue weighted by Gasteiger charge is -2.45. The van der Waals surface area contributed by atoms with Crippen LogP contribution in [0.15, 0.2) is 20.5 Å². The molecule has 0 aromatic heterocycles. The zero-order valence-electron chi connectivity index (χ0n) is 9.84. The Labute approximate surface area is 112 Å². The Morgan fingerprint density at radius 3 is 2.89 bits per heavy atom. The van der Waals surface area contributed by atoms with Gasteiger partial charge in [-0.25, -0.2) is 4.79 Å². The van der Waals surface area contributed by atoms with Crippen molar-refractivity contribution in [2.75, 3.05) is 6.54 Å². The van der Waals surface area contributed by atoms with Crippen LogP contribution in [0.1, 0.15) is 13.8 Å². The second kappa shape index (κ2) is 3.63. The Balaban J connectivity index is 2.13. The third-order valence-corrected chi connectivity index (χ3v) is 4.40. The predicted molar refractivity (Wildman–Crippen MR) is 63.0 cm³/mol. The lowest BCUT2D eigenvalue weighted by atomic mass is 9.76. The van der Waals surface area contributed by atoms with E-state index in [0.29, 0.717) is 16.8 Å². The number of hydrogen-bond acceptors (Lipinski definition) is 6. The quantitative estimate of drug-likeness (QED) is 0.632. The minimum Gasteiger partial charge on any atom is -0.478 e. The highest BCUT2D eigenvalue weighted by Crippen LogP contribution is 2.47. The fourth-order valence-corrected chi connectivity index (χ4v) is 3.27. The van der Waals surface area contributed by atoms with E-state index in [9.17, 15) is 9.59 Å². The Morgan fingerprint density at radius 2 is 2.17 bits per heavy atom. The summed E-state index contributed by atoms with van der Waals surface area (Å²) in [6.07, 6.45) is -0.708. The molecule has 1 fully saturated rings. The molecule has 7 heteroatoms. The van der Waals surface area contributed by atoms with E-state index in [1.807, 2.05) is 0 Å². The predicted octanol–water partition coefficient (Wildman–Crippen LogP) is 1.35. The van der Waals surface area contributed by atoms with Gasteiger partial charge in [-0.2, -0.15) is 10.2 Å². The zero-order chi connectivity index (χ0) is 13.1. The molecule has 0 spiro atoms. The van der Waals surface area contributed by atoms with Crippen LogP contribution in [0.25, 0.3) is 0 Å². The molecule has 4 atom stereocenters. The largest absolute Gasteiger partial charge is 0.478 e. The highest BCUT2D eigenvalue weighted by molar-refractivity contribution is 9.12. The standard InChI is InChI=1S/C11H11BrN2O4/c1-4-10(16)18-11(2)5-3-13-14-7(5)8(15)6(12)9(11)17-4/h4-5,7H,3H2,1-2H3/t4-,5+,7-,11+/m1/s1. The monoisotopic (exact) mass is 314 g/mol. The first-order valence-corrected chi connectivity index (χ1v) is 6.45. The van der Waals surface area contributed by atoms with Gasteiger partial charge in [0, 0.05) is 0 Å². The first-order chi connectivity index (χ1) is 8.45. The van der Waals surface area contributed by atoms with Crippen LogP contribution >= 0.6 is 15.9 Å². The summed E-state index contributed by atoms with van der Waals surface area (Å²) in [5, 5.41) is 7.84. The van der Waals surface area contributed by atoms with Crippen molar-refractivity contribution < 1.29 is 19.1 Å². The molecule has 3 rings (SSSR count). The Hall–Kier alpha value is -1.24. The minimum atomic E-state index is -0.968. The third kappa shape index (κ3) is 1.33. The van der Waals surface area contributed by atoms with Gasteiger partial charge in [-0.15, -0.1) is 0 Å². The number of Topliss-reactive ketones (excluding diaryl/α,β-unsaturated/α-hetero) is 1. The highest BCUT2D eigenvalue weighted by atomic mass is 79.9. The molecule has 0 bridgehead atoms. The summed E-state index contributed by atoms with van der Waals surface area (Å²) < 4.78 is 11.3.